The van der Waals surface area contributed by atoms with Crippen LogP contribution in [0.25, 0.3) is 0 Å². The molecular weight excluding hydrogens is 286 g/mol. The maximum atomic E-state index is 12.4. The van der Waals surface area contributed by atoms with E-state index in [1.807, 2.05) is 6.92 Å². The molecule has 0 aliphatic carbocycles. The van der Waals surface area contributed by atoms with Crippen LogP contribution in [0.2, 0.25) is 0 Å². The van der Waals surface area contributed by atoms with E-state index in [1.54, 1.807) is 6.92 Å². The van der Waals surface area contributed by atoms with Gasteiger partial charge in [-0.25, -0.2) is 4.68 Å². The van der Waals surface area contributed by atoms with Gasteiger partial charge in [-0.1, -0.05) is 13.3 Å². The fourth-order valence-electron chi connectivity index (χ4n) is 2.50. The van der Waals surface area contributed by atoms with Crippen LogP contribution in [-0.2, 0) is 11.3 Å². The van der Waals surface area contributed by atoms with Crippen LogP contribution in [0.1, 0.15) is 43.6 Å². The highest BCUT2D eigenvalue weighted by Crippen LogP contribution is 2.30. The fraction of sp³-hybridized carbons (Fsp3) is 0.600. The Morgan fingerprint density at radius 1 is 1.41 bits per heavy atom. The average Bonchev–Trinajstić information content (AvgIpc) is 2.90. The quantitative estimate of drug-likeness (QED) is 0.875. The number of nitrogens with zero attached hydrogens (tertiary/aromatic N) is 3. The number of unbranched alkanes of at least 4 members (excludes halogenated alkanes) is 1. The molecule has 1 N–H and O–H groups in total. The van der Waals surface area contributed by atoms with Gasteiger partial charge in [-0.15, -0.1) is 0 Å². The number of hydrogen-bond acceptors (Lipinski definition) is 4. The van der Waals surface area contributed by atoms with E-state index < -0.39 is 11.4 Å². The number of aryl methyl sites for hydroxylation is 1. The lowest BCUT2D eigenvalue weighted by atomic mass is 9.90. The van der Waals surface area contributed by atoms with Crippen molar-refractivity contribution < 1.29 is 14.7 Å². The van der Waals surface area contributed by atoms with Crippen LogP contribution in [0.4, 0.5) is 0 Å². The molecule has 0 radical (unpaired) electrons. The number of likely N-dealkylation sites (tertiary alicyclic amines) is 1. The van der Waals surface area contributed by atoms with Crippen LogP contribution in [0.5, 0.6) is 0 Å². The minimum Gasteiger partial charge on any atom is -0.481 e. The lowest BCUT2D eigenvalue weighted by Crippen LogP contribution is -2.36. The first-order chi connectivity index (χ1) is 10.4. The van der Waals surface area contributed by atoms with Crippen molar-refractivity contribution in [2.24, 2.45) is 5.41 Å². The Kier molecular flexibility index (Phi) is 4.63. The van der Waals surface area contributed by atoms with E-state index in [0.29, 0.717) is 19.5 Å². The number of aromatic nitrogens is 2. The molecule has 1 fully saturated rings. The van der Waals surface area contributed by atoms with E-state index in [2.05, 4.69) is 5.10 Å². The van der Waals surface area contributed by atoms with Crippen molar-refractivity contribution in [2.75, 3.05) is 13.1 Å². The highest BCUT2D eigenvalue weighted by molar-refractivity contribution is 5.93. The van der Waals surface area contributed by atoms with Crippen LogP contribution in [0, 0.1) is 5.41 Å². The van der Waals surface area contributed by atoms with E-state index in [1.165, 1.54) is 21.7 Å². The van der Waals surface area contributed by atoms with Crippen molar-refractivity contribution in [3.63, 3.8) is 0 Å². The standard InChI is InChI=1S/C15H21N3O4/c1-3-4-8-18-12(19)6-5-11(16-18)13(20)17-9-7-15(2,10-17)14(21)22/h5-6H,3-4,7-10H2,1-2H3,(H,21,22)/t15-/m1/s1. The molecular formula is C15H21N3O4. The van der Waals surface area contributed by atoms with Crippen LogP contribution >= 0.6 is 0 Å². The molecule has 0 spiro atoms. The maximum absolute atomic E-state index is 12.4. The van der Waals surface area contributed by atoms with Gasteiger partial charge < -0.3 is 10.0 Å². The van der Waals surface area contributed by atoms with Crippen LogP contribution < -0.4 is 5.56 Å². The molecule has 1 amide bonds. The molecule has 1 aromatic heterocycles. The van der Waals surface area contributed by atoms with Crippen molar-refractivity contribution in [2.45, 2.75) is 39.7 Å². The number of hydrogen-bond donors (Lipinski definition) is 1. The van der Waals surface area contributed by atoms with Gasteiger partial charge in [0.2, 0.25) is 0 Å². The summed E-state index contributed by atoms with van der Waals surface area (Å²) in [4.78, 5) is 36.9. The Morgan fingerprint density at radius 2 is 2.14 bits per heavy atom. The molecule has 120 valence electrons. The monoisotopic (exact) mass is 307 g/mol. The van der Waals surface area contributed by atoms with Crippen molar-refractivity contribution in [3.05, 3.63) is 28.2 Å². The van der Waals surface area contributed by atoms with Crippen LogP contribution in [0.3, 0.4) is 0 Å². The van der Waals surface area contributed by atoms with E-state index in [9.17, 15) is 19.5 Å². The highest BCUT2D eigenvalue weighted by Gasteiger charge is 2.42. The van der Waals surface area contributed by atoms with Gasteiger partial charge in [0.15, 0.2) is 0 Å². The second kappa shape index (κ2) is 6.29. The molecule has 7 nitrogen and oxygen atoms in total. The first kappa shape index (κ1) is 16.2. The average molecular weight is 307 g/mol. The molecule has 0 bridgehead atoms. The Bertz CT molecular complexity index is 640. The van der Waals surface area contributed by atoms with Crippen molar-refractivity contribution >= 4 is 11.9 Å². The first-order valence-corrected chi connectivity index (χ1v) is 7.48. The van der Waals surface area contributed by atoms with Gasteiger partial charge in [0.1, 0.15) is 5.69 Å². The minimum atomic E-state index is -0.910. The van der Waals surface area contributed by atoms with E-state index >= 15 is 0 Å². The summed E-state index contributed by atoms with van der Waals surface area (Å²) < 4.78 is 1.29. The normalized spacial score (nSPS) is 21.1. The molecule has 1 aliphatic rings. The predicted molar refractivity (Wildman–Crippen MR) is 79.7 cm³/mol. The number of amides is 1. The maximum Gasteiger partial charge on any atom is 0.311 e. The number of carboxylic acids is 1. The zero-order chi connectivity index (χ0) is 16.3. The zero-order valence-corrected chi connectivity index (χ0v) is 12.9. The Labute approximate surface area is 128 Å². The van der Waals surface area contributed by atoms with Gasteiger partial charge in [-0.3, -0.25) is 14.4 Å². The highest BCUT2D eigenvalue weighted by atomic mass is 16.4. The third kappa shape index (κ3) is 3.18. The van der Waals surface area contributed by atoms with Gasteiger partial charge in [0, 0.05) is 25.7 Å². The Morgan fingerprint density at radius 3 is 2.73 bits per heavy atom. The smallest absolute Gasteiger partial charge is 0.311 e. The number of carbonyl (C=O) groups is 2. The lowest BCUT2D eigenvalue weighted by molar-refractivity contribution is -0.147. The molecule has 0 saturated carbocycles. The molecule has 1 aliphatic heterocycles. The molecule has 22 heavy (non-hydrogen) atoms. The summed E-state index contributed by atoms with van der Waals surface area (Å²) in [5, 5.41) is 13.3. The Balaban J connectivity index is 2.17. The minimum absolute atomic E-state index is 0.164. The third-order valence-electron chi connectivity index (χ3n) is 4.09. The van der Waals surface area contributed by atoms with Gasteiger partial charge in [0.25, 0.3) is 11.5 Å². The molecule has 2 rings (SSSR count). The molecule has 0 aromatic carbocycles. The first-order valence-electron chi connectivity index (χ1n) is 7.48. The summed E-state index contributed by atoms with van der Waals surface area (Å²) in [6.45, 7) is 4.67. The second-order valence-corrected chi connectivity index (χ2v) is 5.98. The summed E-state index contributed by atoms with van der Waals surface area (Å²) in [5.41, 5.74) is -0.959. The SMILES string of the molecule is CCCCn1nc(C(=O)N2CC[C@@](C)(C(=O)O)C2)ccc1=O. The van der Waals surface area contributed by atoms with Gasteiger partial charge >= 0.3 is 5.97 Å². The molecule has 2 heterocycles. The third-order valence-corrected chi connectivity index (χ3v) is 4.09. The fourth-order valence-corrected chi connectivity index (χ4v) is 2.50. The number of aliphatic carboxylic acids is 1. The second-order valence-electron chi connectivity index (χ2n) is 5.98. The van der Waals surface area contributed by atoms with Gasteiger partial charge in [0.05, 0.1) is 5.41 Å². The number of carbonyl (C=O) groups excluding carboxylic acids is 1. The predicted octanol–water partition coefficient (Wildman–Crippen LogP) is 0.980. The summed E-state index contributed by atoms with van der Waals surface area (Å²) in [6.07, 6.45) is 2.16. The molecule has 7 heteroatoms. The molecule has 0 unspecified atom stereocenters. The summed E-state index contributed by atoms with van der Waals surface area (Å²) >= 11 is 0. The van der Waals surface area contributed by atoms with E-state index in [-0.39, 0.29) is 23.7 Å². The van der Waals surface area contributed by atoms with E-state index in [4.69, 9.17) is 0 Å². The van der Waals surface area contributed by atoms with Gasteiger partial charge in [-0.2, -0.15) is 5.10 Å². The van der Waals surface area contributed by atoms with Crippen LogP contribution in [-0.4, -0.2) is 44.8 Å². The van der Waals surface area contributed by atoms with Crippen molar-refractivity contribution in [1.29, 1.82) is 0 Å². The summed E-state index contributed by atoms with van der Waals surface area (Å²) in [6, 6.07) is 2.74. The summed E-state index contributed by atoms with van der Waals surface area (Å²) in [7, 11) is 0. The molecule has 1 atom stereocenters. The van der Waals surface area contributed by atoms with Crippen LogP contribution in [0.15, 0.2) is 16.9 Å². The lowest BCUT2D eigenvalue weighted by Gasteiger charge is -2.20. The Hall–Kier alpha value is -2.18. The number of carboxylic acid groups (broad SMARTS) is 1. The van der Waals surface area contributed by atoms with Crippen molar-refractivity contribution in [3.8, 4) is 0 Å². The van der Waals surface area contributed by atoms with Gasteiger partial charge in [-0.05, 0) is 25.8 Å². The molecule has 1 aromatic rings. The molecule has 1 saturated heterocycles. The van der Waals surface area contributed by atoms with E-state index in [0.717, 1.165) is 12.8 Å². The van der Waals surface area contributed by atoms with Crippen molar-refractivity contribution in [1.82, 2.24) is 14.7 Å². The topological polar surface area (TPSA) is 92.5 Å². The number of rotatable bonds is 5. The largest absolute Gasteiger partial charge is 0.481 e. The summed E-state index contributed by atoms with van der Waals surface area (Å²) in [5.74, 6) is -1.22. The zero-order valence-electron chi connectivity index (χ0n) is 12.9.